The van der Waals surface area contributed by atoms with E-state index in [9.17, 15) is 10.1 Å². The van der Waals surface area contributed by atoms with E-state index in [0.717, 1.165) is 36.4 Å². The normalized spacial score (nSPS) is 21.3. The van der Waals surface area contributed by atoms with Gasteiger partial charge in [-0.25, -0.2) is 4.79 Å². The van der Waals surface area contributed by atoms with E-state index < -0.39 is 5.97 Å². The number of likely N-dealkylation sites (tertiary alicyclic amines) is 1. The summed E-state index contributed by atoms with van der Waals surface area (Å²) in [5, 5.41) is 11.3. The number of piperidine rings is 1. The Hall–Kier alpha value is -2.06. The predicted octanol–water partition coefficient (Wildman–Crippen LogP) is 3.30. The van der Waals surface area contributed by atoms with E-state index in [1.807, 2.05) is 30.5 Å². The molecule has 0 atom stereocenters. The van der Waals surface area contributed by atoms with E-state index in [2.05, 4.69) is 4.90 Å². The molecule has 0 unspecified atom stereocenters. The minimum absolute atomic E-state index is 0.141. The standard InChI is InChI=1S/C16H16N2O2S/c1-11(13-6-5-9-21-13)15-14(12(10-17)16(19)20-15)18-7-3-2-4-8-18/h5-6,9H,2-4,7-8H2,1H3/b15-11-. The summed E-state index contributed by atoms with van der Waals surface area (Å²) in [6, 6.07) is 5.99. The van der Waals surface area contributed by atoms with Crippen LogP contribution in [0.3, 0.4) is 0 Å². The zero-order valence-electron chi connectivity index (χ0n) is 11.9. The molecule has 0 aromatic carbocycles. The number of rotatable bonds is 2. The van der Waals surface area contributed by atoms with Crippen LogP contribution in [0.15, 0.2) is 34.5 Å². The van der Waals surface area contributed by atoms with Gasteiger partial charge in [0.15, 0.2) is 11.3 Å². The summed E-state index contributed by atoms with van der Waals surface area (Å²) in [5.74, 6) is 0.0323. The Kier molecular flexibility index (Phi) is 3.80. The maximum absolute atomic E-state index is 12.0. The average molecular weight is 300 g/mol. The van der Waals surface area contributed by atoms with Crippen molar-refractivity contribution in [2.75, 3.05) is 13.1 Å². The number of hydrogen-bond donors (Lipinski definition) is 0. The largest absolute Gasteiger partial charge is 0.420 e. The van der Waals surface area contributed by atoms with E-state index in [1.54, 1.807) is 11.3 Å². The molecule has 3 heterocycles. The molecule has 1 aromatic heterocycles. The smallest absolute Gasteiger partial charge is 0.356 e. The second-order valence-electron chi connectivity index (χ2n) is 5.20. The van der Waals surface area contributed by atoms with Crippen LogP contribution in [0.1, 0.15) is 31.1 Å². The van der Waals surface area contributed by atoms with Crippen molar-refractivity contribution >= 4 is 22.9 Å². The van der Waals surface area contributed by atoms with E-state index in [4.69, 9.17) is 4.74 Å². The molecule has 0 N–H and O–H groups in total. The first-order valence-electron chi connectivity index (χ1n) is 7.09. The molecule has 0 radical (unpaired) electrons. The van der Waals surface area contributed by atoms with Gasteiger partial charge < -0.3 is 9.64 Å². The number of carbonyl (C=O) groups is 1. The molecule has 2 aliphatic heterocycles. The second-order valence-corrected chi connectivity index (χ2v) is 6.15. The molecule has 0 amide bonds. The fourth-order valence-electron chi connectivity index (χ4n) is 2.78. The highest BCUT2D eigenvalue weighted by atomic mass is 32.1. The fraction of sp³-hybridized carbons (Fsp3) is 0.375. The van der Waals surface area contributed by atoms with Crippen LogP contribution in [0, 0.1) is 11.3 Å². The summed E-state index contributed by atoms with van der Waals surface area (Å²) >= 11 is 1.60. The van der Waals surface area contributed by atoms with Gasteiger partial charge in [0.1, 0.15) is 11.8 Å². The maximum atomic E-state index is 12.0. The third-order valence-electron chi connectivity index (χ3n) is 3.87. The van der Waals surface area contributed by atoms with Crippen LogP contribution >= 0.6 is 11.3 Å². The Morgan fingerprint density at radius 3 is 2.76 bits per heavy atom. The molecule has 1 fully saturated rings. The topological polar surface area (TPSA) is 53.3 Å². The quantitative estimate of drug-likeness (QED) is 0.786. The van der Waals surface area contributed by atoms with Gasteiger partial charge in [-0.3, -0.25) is 0 Å². The van der Waals surface area contributed by atoms with E-state index in [0.29, 0.717) is 11.5 Å². The molecular weight excluding hydrogens is 284 g/mol. The first-order valence-corrected chi connectivity index (χ1v) is 7.97. The van der Waals surface area contributed by atoms with E-state index in [1.165, 1.54) is 6.42 Å². The Bertz CT molecular complexity index is 659. The number of nitrogens with zero attached hydrogens (tertiary/aromatic N) is 2. The summed E-state index contributed by atoms with van der Waals surface area (Å²) in [6.07, 6.45) is 3.37. The Balaban J connectivity index is 2.08. The van der Waals surface area contributed by atoms with Crippen molar-refractivity contribution < 1.29 is 9.53 Å². The molecule has 1 aromatic rings. The van der Waals surface area contributed by atoms with Gasteiger partial charge in [-0.05, 0) is 37.6 Å². The number of carbonyl (C=O) groups excluding carboxylic acids is 1. The average Bonchev–Trinajstić information content (AvgIpc) is 3.14. The Morgan fingerprint density at radius 1 is 1.38 bits per heavy atom. The molecule has 2 aliphatic rings. The van der Waals surface area contributed by atoms with Crippen molar-refractivity contribution in [3.63, 3.8) is 0 Å². The van der Waals surface area contributed by atoms with Gasteiger partial charge >= 0.3 is 5.97 Å². The molecule has 0 aliphatic carbocycles. The first-order chi connectivity index (χ1) is 10.2. The molecule has 3 rings (SSSR count). The van der Waals surface area contributed by atoms with Gasteiger partial charge in [0.25, 0.3) is 0 Å². The highest BCUT2D eigenvalue weighted by molar-refractivity contribution is 7.11. The van der Waals surface area contributed by atoms with Crippen LogP contribution in [0.25, 0.3) is 5.57 Å². The Morgan fingerprint density at radius 2 is 2.14 bits per heavy atom. The minimum Gasteiger partial charge on any atom is -0.420 e. The van der Waals surface area contributed by atoms with Gasteiger partial charge in [-0.2, -0.15) is 5.26 Å². The van der Waals surface area contributed by atoms with Gasteiger partial charge in [-0.15, -0.1) is 11.3 Å². The molecule has 0 saturated carbocycles. The lowest BCUT2D eigenvalue weighted by molar-refractivity contribution is -0.132. The number of thiophene rings is 1. The molecule has 4 nitrogen and oxygen atoms in total. The summed E-state index contributed by atoms with van der Waals surface area (Å²) in [7, 11) is 0. The SMILES string of the molecule is C/C(=C1/OC(=O)C(C#N)=C1N1CCCCC1)c1cccs1. The van der Waals surface area contributed by atoms with E-state index >= 15 is 0 Å². The number of esters is 1. The third-order valence-corrected chi connectivity index (χ3v) is 4.86. The van der Waals surface area contributed by atoms with Crippen molar-refractivity contribution in [3.05, 3.63) is 39.4 Å². The molecule has 0 bridgehead atoms. The maximum Gasteiger partial charge on any atom is 0.356 e. The summed E-state index contributed by atoms with van der Waals surface area (Å²) in [4.78, 5) is 15.2. The zero-order valence-corrected chi connectivity index (χ0v) is 12.7. The first kappa shape index (κ1) is 13.9. The van der Waals surface area contributed by atoms with Crippen molar-refractivity contribution in [1.82, 2.24) is 4.90 Å². The zero-order chi connectivity index (χ0) is 14.8. The lowest BCUT2D eigenvalue weighted by Crippen LogP contribution is -2.30. The van der Waals surface area contributed by atoms with Gasteiger partial charge in [-0.1, -0.05) is 6.07 Å². The van der Waals surface area contributed by atoms with Crippen LogP contribution in [0.5, 0.6) is 0 Å². The molecular formula is C16H16N2O2S. The van der Waals surface area contributed by atoms with Crippen molar-refractivity contribution in [3.8, 4) is 6.07 Å². The number of ether oxygens (including phenoxy) is 1. The molecule has 0 spiro atoms. The monoisotopic (exact) mass is 300 g/mol. The Labute approximate surface area is 127 Å². The lowest BCUT2D eigenvalue weighted by atomic mass is 10.1. The fourth-order valence-corrected chi connectivity index (χ4v) is 3.51. The highest BCUT2D eigenvalue weighted by Gasteiger charge is 2.35. The minimum atomic E-state index is -0.524. The molecule has 108 valence electrons. The summed E-state index contributed by atoms with van der Waals surface area (Å²) in [5.41, 5.74) is 1.75. The van der Waals surface area contributed by atoms with Crippen molar-refractivity contribution in [2.45, 2.75) is 26.2 Å². The van der Waals surface area contributed by atoms with Crippen molar-refractivity contribution in [1.29, 1.82) is 5.26 Å². The molecule has 21 heavy (non-hydrogen) atoms. The summed E-state index contributed by atoms with van der Waals surface area (Å²) < 4.78 is 5.43. The number of allylic oxidation sites excluding steroid dienone is 1. The van der Waals surface area contributed by atoms with Crippen LogP contribution in [-0.4, -0.2) is 24.0 Å². The molecule has 1 saturated heterocycles. The van der Waals surface area contributed by atoms with Crippen LogP contribution in [0.4, 0.5) is 0 Å². The van der Waals surface area contributed by atoms with Crippen molar-refractivity contribution in [2.24, 2.45) is 0 Å². The van der Waals surface area contributed by atoms with Gasteiger partial charge in [0.05, 0.1) is 0 Å². The third kappa shape index (κ3) is 2.47. The van der Waals surface area contributed by atoms with Crippen LogP contribution < -0.4 is 0 Å². The molecule has 5 heteroatoms. The van der Waals surface area contributed by atoms with Gasteiger partial charge in [0, 0.05) is 23.5 Å². The number of hydrogen-bond acceptors (Lipinski definition) is 5. The summed E-state index contributed by atoms with van der Waals surface area (Å²) in [6.45, 7) is 3.69. The predicted molar refractivity (Wildman–Crippen MR) is 81.1 cm³/mol. The second kappa shape index (κ2) is 5.74. The lowest BCUT2D eigenvalue weighted by Gasteiger charge is -2.30. The number of cyclic esters (lactones) is 1. The van der Waals surface area contributed by atoms with Gasteiger partial charge in [0.2, 0.25) is 0 Å². The van der Waals surface area contributed by atoms with Crippen LogP contribution in [-0.2, 0) is 9.53 Å². The van der Waals surface area contributed by atoms with E-state index in [-0.39, 0.29) is 5.57 Å². The van der Waals surface area contributed by atoms with Crippen LogP contribution in [0.2, 0.25) is 0 Å². The number of nitriles is 1. The highest BCUT2D eigenvalue weighted by Crippen LogP contribution is 2.36.